The number of aromatic nitrogens is 2. The van der Waals surface area contributed by atoms with Crippen molar-refractivity contribution >= 4 is 16.7 Å². The summed E-state index contributed by atoms with van der Waals surface area (Å²) in [6.45, 7) is 5.70. The molecule has 0 saturated carbocycles. The molecule has 6 heteroatoms. The Hall–Kier alpha value is -1.79. The first-order chi connectivity index (χ1) is 11.3. The molecule has 2 fully saturated rings. The molecule has 1 unspecified atom stereocenters. The van der Waals surface area contributed by atoms with Gasteiger partial charge in [0.25, 0.3) is 0 Å². The van der Waals surface area contributed by atoms with Crippen molar-refractivity contribution in [1.82, 2.24) is 14.9 Å². The van der Waals surface area contributed by atoms with Crippen LogP contribution in [-0.4, -0.2) is 60.3 Å². The number of hydrogen-bond acceptors (Lipinski definition) is 5. The van der Waals surface area contributed by atoms with Crippen LogP contribution in [0.15, 0.2) is 24.5 Å². The van der Waals surface area contributed by atoms with E-state index in [1.54, 1.807) is 12.4 Å². The standard InChI is InChI=1S/C17H21FN4O/c18-13-3-4-16-15(10-13)17(20-12-19-16)22-7-5-21(6-8-22)11-14-2-1-9-23-14/h3-4,10,12,14H,1-2,5-9,11H2. The lowest BCUT2D eigenvalue weighted by atomic mass is 10.2. The Balaban J connectivity index is 1.47. The molecule has 1 atom stereocenters. The fourth-order valence-electron chi connectivity index (χ4n) is 3.49. The Morgan fingerprint density at radius 1 is 1.17 bits per heavy atom. The molecule has 0 spiro atoms. The number of benzene rings is 1. The van der Waals surface area contributed by atoms with Gasteiger partial charge in [-0.3, -0.25) is 4.90 Å². The minimum Gasteiger partial charge on any atom is -0.377 e. The molecule has 122 valence electrons. The summed E-state index contributed by atoms with van der Waals surface area (Å²) >= 11 is 0. The topological polar surface area (TPSA) is 41.5 Å². The zero-order chi connectivity index (χ0) is 15.6. The van der Waals surface area contributed by atoms with Crippen molar-refractivity contribution in [2.45, 2.75) is 18.9 Å². The molecule has 2 aliphatic heterocycles. The molecule has 0 radical (unpaired) electrons. The van der Waals surface area contributed by atoms with Gasteiger partial charge in [0.05, 0.1) is 11.6 Å². The molecule has 2 aromatic rings. The van der Waals surface area contributed by atoms with E-state index >= 15 is 0 Å². The maximum Gasteiger partial charge on any atom is 0.140 e. The molecule has 3 heterocycles. The van der Waals surface area contributed by atoms with Crippen molar-refractivity contribution < 1.29 is 9.13 Å². The van der Waals surface area contributed by atoms with Crippen LogP contribution in [0.2, 0.25) is 0 Å². The highest BCUT2D eigenvalue weighted by Gasteiger charge is 2.24. The van der Waals surface area contributed by atoms with Gasteiger partial charge >= 0.3 is 0 Å². The Bertz CT molecular complexity index is 681. The minimum atomic E-state index is -0.245. The van der Waals surface area contributed by atoms with E-state index in [9.17, 15) is 4.39 Å². The van der Waals surface area contributed by atoms with Gasteiger partial charge in [-0.2, -0.15) is 0 Å². The molecule has 23 heavy (non-hydrogen) atoms. The number of rotatable bonds is 3. The van der Waals surface area contributed by atoms with Crippen LogP contribution in [0.3, 0.4) is 0 Å². The van der Waals surface area contributed by atoms with Crippen LogP contribution in [0, 0.1) is 5.82 Å². The van der Waals surface area contributed by atoms with Gasteiger partial charge < -0.3 is 9.64 Å². The molecule has 1 aromatic heterocycles. The smallest absolute Gasteiger partial charge is 0.140 e. The molecule has 1 aromatic carbocycles. The van der Waals surface area contributed by atoms with Gasteiger partial charge in [0.2, 0.25) is 0 Å². The SMILES string of the molecule is Fc1ccc2ncnc(N3CCN(CC4CCCO4)CC3)c2c1. The summed E-state index contributed by atoms with van der Waals surface area (Å²) in [6, 6.07) is 4.69. The summed E-state index contributed by atoms with van der Waals surface area (Å²) in [5.41, 5.74) is 0.790. The van der Waals surface area contributed by atoms with Crippen LogP contribution in [0.5, 0.6) is 0 Å². The third-order valence-corrected chi connectivity index (χ3v) is 4.73. The quantitative estimate of drug-likeness (QED) is 0.867. The van der Waals surface area contributed by atoms with Crippen LogP contribution >= 0.6 is 0 Å². The molecule has 2 aliphatic rings. The largest absolute Gasteiger partial charge is 0.377 e. The second-order valence-corrected chi connectivity index (χ2v) is 6.28. The molecule has 0 bridgehead atoms. The summed E-state index contributed by atoms with van der Waals surface area (Å²) in [4.78, 5) is 13.3. The Kier molecular flexibility index (Phi) is 4.10. The third-order valence-electron chi connectivity index (χ3n) is 4.73. The van der Waals surface area contributed by atoms with Crippen molar-refractivity contribution in [3.05, 3.63) is 30.3 Å². The van der Waals surface area contributed by atoms with Crippen LogP contribution < -0.4 is 4.90 Å². The number of hydrogen-bond donors (Lipinski definition) is 0. The van der Waals surface area contributed by atoms with Crippen LogP contribution in [0.25, 0.3) is 10.9 Å². The maximum atomic E-state index is 13.6. The van der Waals surface area contributed by atoms with E-state index in [-0.39, 0.29) is 5.82 Å². The van der Waals surface area contributed by atoms with Crippen molar-refractivity contribution in [3.63, 3.8) is 0 Å². The summed E-state index contributed by atoms with van der Waals surface area (Å²) in [7, 11) is 0. The normalized spacial score (nSPS) is 22.8. The fraction of sp³-hybridized carbons (Fsp3) is 0.529. The van der Waals surface area contributed by atoms with Gasteiger partial charge in [0.15, 0.2) is 0 Å². The Morgan fingerprint density at radius 2 is 2.04 bits per heavy atom. The minimum absolute atomic E-state index is 0.245. The van der Waals surface area contributed by atoms with Crippen molar-refractivity contribution in [2.75, 3.05) is 44.2 Å². The van der Waals surface area contributed by atoms with Gasteiger partial charge in [-0.15, -0.1) is 0 Å². The van der Waals surface area contributed by atoms with Gasteiger partial charge in [-0.05, 0) is 31.0 Å². The lowest BCUT2D eigenvalue weighted by Gasteiger charge is -2.36. The van der Waals surface area contributed by atoms with Gasteiger partial charge in [-0.1, -0.05) is 0 Å². The molecule has 0 amide bonds. The van der Waals surface area contributed by atoms with E-state index in [1.165, 1.54) is 25.0 Å². The average molecular weight is 316 g/mol. The summed E-state index contributed by atoms with van der Waals surface area (Å²) in [5, 5.41) is 0.792. The summed E-state index contributed by atoms with van der Waals surface area (Å²) in [5.74, 6) is 0.594. The van der Waals surface area contributed by atoms with E-state index in [2.05, 4.69) is 19.8 Å². The molecule has 0 N–H and O–H groups in total. The predicted molar refractivity (Wildman–Crippen MR) is 87.1 cm³/mol. The molecule has 4 rings (SSSR count). The van der Waals surface area contributed by atoms with E-state index in [0.717, 1.165) is 56.1 Å². The number of fused-ring (bicyclic) bond motifs is 1. The monoisotopic (exact) mass is 316 g/mol. The van der Waals surface area contributed by atoms with Crippen LogP contribution in [0.4, 0.5) is 10.2 Å². The zero-order valence-electron chi connectivity index (χ0n) is 13.1. The molecular formula is C17H21FN4O. The third kappa shape index (κ3) is 3.14. The van der Waals surface area contributed by atoms with Gasteiger partial charge in [0.1, 0.15) is 18.0 Å². The lowest BCUT2D eigenvalue weighted by molar-refractivity contribution is 0.0712. The Morgan fingerprint density at radius 3 is 2.83 bits per heavy atom. The maximum absolute atomic E-state index is 13.6. The highest BCUT2D eigenvalue weighted by Crippen LogP contribution is 2.25. The number of nitrogens with zero attached hydrogens (tertiary/aromatic N) is 4. The van der Waals surface area contributed by atoms with Crippen LogP contribution in [0.1, 0.15) is 12.8 Å². The first-order valence-corrected chi connectivity index (χ1v) is 8.29. The number of ether oxygens (including phenoxy) is 1. The molecule has 5 nitrogen and oxygen atoms in total. The highest BCUT2D eigenvalue weighted by atomic mass is 19.1. The zero-order valence-corrected chi connectivity index (χ0v) is 13.1. The average Bonchev–Trinajstić information content (AvgIpc) is 3.08. The van der Waals surface area contributed by atoms with E-state index < -0.39 is 0 Å². The Labute approximate surface area is 135 Å². The summed E-state index contributed by atoms with van der Waals surface area (Å²) < 4.78 is 19.3. The molecule has 0 aliphatic carbocycles. The van der Waals surface area contributed by atoms with Gasteiger partial charge in [0, 0.05) is 44.7 Å². The van der Waals surface area contributed by atoms with Crippen molar-refractivity contribution in [1.29, 1.82) is 0 Å². The first-order valence-electron chi connectivity index (χ1n) is 8.29. The van der Waals surface area contributed by atoms with Crippen molar-refractivity contribution in [3.8, 4) is 0 Å². The first kappa shape index (κ1) is 14.8. The second-order valence-electron chi connectivity index (χ2n) is 6.28. The molecule has 2 saturated heterocycles. The second kappa shape index (κ2) is 6.37. The highest BCUT2D eigenvalue weighted by molar-refractivity contribution is 5.89. The number of anilines is 1. The van der Waals surface area contributed by atoms with Crippen LogP contribution in [-0.2, 0) is 4.74 Å². The lowest BCUT2D eigenvalue weighted by Crippen LogP contribution is -2.48. The van der Waals surface area contributed by atoms with Gasteiger partial charge in [-0.25, -0.2) is 14.4 Å². The van der Waals surface area contributed by atoms with E-state index in [4.69, 9.17) is 4.74 Å². The predicted octanol–water partition coefficient (Wildman–Crippen LogP) is 2.07. The van der Waals surface area contributed by atoms with E-state index in [1.807, 2.05) is 0 Å². The summed E-state index contributed by atoms with van der Waals surface area (Å²) in [6.07, 6.45) is 4.32. The van der Waals surface area contributed by atoms with E-state index in [0.29, 0.717) is 6.10 Å². The number of piperazine rings is 1. The van der Waals surface area contributed by atoms with Crippen molar-refractivity contribution in [2.24, 2.45) is 0 Å². The number of halogens is 1. The fourth-order valence-corrected chi connectivity index (χ4v) is 3.49. The molecular weight excluding hydrogens is 295 g/mol.